The monoisotopic (exact) mass is 254 g/mol. The Morgan fingerprint density at radius 2 is 2.28 bits per heavy atom. The van der Waals surface area contributed by atoms with Gasteiger partial charge in [0.25, 0.3) is 0 Å². The lowest BCUT2D eigenvalue weighted by Gasteiger charge is -2.08. The van der Waals surface area contributed by atoms with Crippen LogP contribution in [-0.4, -0.2) is 27.7 Å². The van der Waals surface area contributed by atoms with Crippen LogP contribution in [0, 0.1) is 0 Å². The molecular weight excluding hydrogens is 246 g/mol. The SMILES string of the molecule is O=C(O)/C=C/c1ccc2[nH]cnc2c1OC(F)F. The molecule has 0 atom stereocenters. The Morgan fingerprint density at radius 3 is 2.94 bits per heavy atom. The number of carboxylic acids is 1. The second-order valence-electron chi connectivity index (χ2n) is 3.33. The number of nitrogens with zero attached hydrogens (tertiary/aromatic N) is 1. The van der Waals surface area contributed by atoms with Gasteiger partial charge < -0.3 is 14.8 Å². The summed E-state index contributed by atoms with van der Waals surface area (Å²) in [6, 6.07) is 3.07. The van der Waals surface area contributed by atoms with E-state index < -0.39 is 12.6 Å². The van der Waals surface area contributed by atoms with Crippen molar-refractivity contribution in [3.63, 3.8) is 0 Å². The van der Waals surface area contributed by atoms with Crippen LogP contribution in [0.5, 0.6) is 5.75 Å². The number of rotatable bonds is 4. The zero-order valence-corrected chi connectivity index (χ0v) is 8.93. The third-order valence-corrected chi connectivity index (χ3v) is 2.19. The number of alkyl halides is 2. The summed E-state index contributed by atoms with van der Waals surface area (Å²) in [4.78, 5) is 17.0. The zero-order chi connectivity index (χ0) is 13.1. The minimum Gasteiger partial charge on any atom is -0.478 e. The summed E-state index contributed by atoms with van der Waals surface area (Å²) in [5, 5.41) is 8.52. The van der Waals surface area contributed by atoms with Crippen molar-refractivity contribution in [2.75, 3.05) is 0 Å². The highest BCUT2D eigenvalue weighted by Gasteiger charge is 2.14. The number of fused-ring (bicyclic) bond motifs is 1. The molecule has 2 aromatic rings. The fraction of sp³-hybridized carbons (Fsp3) is 0.0909. The fourth-order valence-electron chi connectivity index (χ4n) is 1.50. The van der Waals surface area contributed by atoms with E-state index in [9.17, 15) is 13.6 Å². The summed E-state index contributed by atoms with van der Waals surface area (Å²) >= 11 is 0. The van der Waals surface area contributed by atoms with E-state index in [4.69, 9.17) is 5.11 Å². The summed E-state index contributed by atoms with van der Waals surface area (Å²) < 4.78 is 29.1. The van der Waals surface area contributed by atoms with Crippen LogP contribution in [0.3, 0.4) is 0 Å². The number of carboxylic acid groups (broad SMARTS) is 1. The standard InChI is InChI=1S/C11H8F2N2O3/c12-11(13)18-10-6(2-4-8(16)17)1-3-7-9(10)15-5-14-7/h1-5,11H,(H,14,15)(H,16,17)/b4-2+. The molecule has 0 saturated carbocycles. The summed E-state index contributed by atoms with van der Waals surface area (Å²) in [7, 11) is 0. The van der Waals surface area contributed by atoms with Gasteiger partial charge in [-0.2, -0.15) is 8.78 Å². The Kier molecular flexibility index (Phi) is 3.22. The van der Waals surface area contributed by atoms with Crippen molar-refractivity contribution in [2.45, 2.75) is 6.61 Å². The maximum absolute atomic E-state index is 12.3. The van der Waals surface area contributed by atoms with E-state index in [1.54, 1.807) is 6.07 Å². The van der Waals surface area contributed by atoms with Gasteiger partial charge in [-0.3, -0.25) is 0 Å². The Labute approximate surface area is 99.7 Å². The third-order valence-electron chi connectivity index (χ3n) is 2.19. The molecule has 0 radical (unpaired) electrons. The number of aromatic nitrogens is 2. The molecule has 5 nitrogen and oxygen atoms in total. The third kappa shape index (κ3) is 2.45. The Morgan fingerprint density at radius 1 is 1.50 bits per heavy atom. The lowest BCUT2D eigenvalue weighted by atomic mass is 10.1. The van der Waals surface area contributed by atoms with Gasteiger partial charge in [0.1, 0.15) is 5.52 Å². The van der Waals surface area contributed by atoms with Gasteiger partial charge >= 0.3 is 12.6 Å². The van der Waals surface area contributed by atoms with Crippen molar-refractivity contribution in [1.29, 1.82) is 0 Å². The minimum absolute atomic E-state index is 0.152. The first kappa shape index (κ1) is 12.0. The fourth-order valence-corrected chi connectivity index (χ4v) is 1.50. The predicted octanol–water partition coefficient (Wildman–Crippen LogP) is 2.26. The molecule has 1 aromatic carbocycles. The van der Waals surface area contributed by atoms with Gasteiger partial charge in [0.2, 0.25) is 0 Å². The Hall–Kier alpha value is -2.44. The molecule has 0 spiro atoms. The normalized spacial score (nSPS) is 11.5. The van der Waals surface area contributed by atoms with Gasteiger partial charge in [-0.05, 0) is 18.2 Å². The van der Waals surface area contributed by atoms with Crippen LogP contribution in [0.1, 0.15) is 5.56 Å². The molecule has 2 rings (SSSR count). The molecule has 0 aliphatic heterocycles. The largest absolute Gasteiger partial charge is 0.478 e. The van der Waals surface area contributed by atoms with E-state index in [0.29, 0.717) is 5.52 Å². The van der Waals surface area contributed by atoms with E-state index in [1.807, 2.05) is 0 Å². The molecule has 94 valence electrons. The van der Waals surface area contributed by atoms with Crippen LogP contribution >= 0.6 is 0 Å². The molecule has 1 aromatic heterocycles. The summed E-state index contributed by atoms with van der Waals surface area (Å²) in [6.07, 6.45) is 3.36. The number of benzene rings is 1. The first-order valence-electron chi connectivity index (χ1n) is 4.90. The number of carbonyl (C=O) groups is 1. The van der Waals surface area contributed by atoms with Gasteiger partial charge in [0.15, 0.2) is 5.75 Å². The highest BCUT2D eigenvalue weighted by atomic mass is 19.3. The quantitative estimate of drug-likeness (QED) is 0.820. The van der Waals surface area contributed by atoms with Gasteiger partial charge in [-0.25, -0.2) is 9.78 Å². The first-order valence-corrected chi connectivity index (χ1v) is 4.90. The van der Waals surface area contributed by atoms with Crippen molar-refractivity contribution >= 4 is 23.1 Å². The number of nitrogens with one attached hydrogen (secondary N) is 1. The van der Waals surface area contributed by atoms with Crippen LogP contribution in [-0.2, 0) is 4.79 Å². The molecule has 2 N–H and O–H groups in total. The van der Waals surface area contributed by atoms with E-state index in [-0.39, 0.29) is 16.8 Å². The lowest BCUT2D eigenvalue weighted by molar-refractivity contribution is -0.131. The van der Waals surface area contributed by atoms with Crippen LogP contribution in [0.2, 0.25) is 0 Å². The molecule has 0 bridgehead atoms. The second kappa shape index (κ2) is 4.82. The van der Waals surface area contributed by atoms with Crippen LogP contribution < -0.4 is 4.74 Å². The summed E-state index contributed by atoms with van der Waals surface area (Å²) in [5.74, 6) is -1.33. The van der Waals surface area contributed by atoms with Crippen LogP contribution in [0.4, 0.5) is 8.78 Å². The number of ether oxygens (including phenoxy) is 1. The molecule has 0 aliphatic rings. The predicted molar refractivity (Wildman–Crippen MR) is 59.4 cm³/mol. The molecule has 0 saturated heterocycles. The number of hydrogen-bond acceptors (Lipinski definition) is 3. The molecule has 18 heavy (non-hydrogen) atoms. The van der Waals surface area contributed by atoms with Crippen molar-refractivity contribution in [3.8, 4) is 5.75 Å². The smallest absolute Gasteiger partial charge is 0.387 e. The van der Waals surface area contributed by atoms with Gasteiger partial charge in [-0.15, -0.1) is 0 Å². The molecular formula is C11H8F2N2O3. The maximum atomic E-state index is 12.3. The first-order chi connectivity index (χ1) is 8.58. The number of H-pyrrole nitrogens is 1. The summed E-state index contributed by atoms with van der Waals surface area (Å²) in [5.41, 5.74) is 0.971. The molecule has 1 heterocycles. The van der Waals surface area contributed by atoms with Crippen molar-refractivity contribution in [1.82, 2.24) is 9.97 Å². The molecule has 0 amide bonds. The Bertz CT molecular complexity index is 607. The van der Waals surface area contributed by atoms with E-state index in [1.165, 1.54) is 18.5 Å². The molecule has 0 aliphatic carbocycles. The van der Waals surface area contributed by atoms with E-state index in [2.05, 4.69) is 14.7 Å². The van der Waals surface area contributed by atoms with Gasteiger partial charge in [0, 0.05) is 11.6 Å². The van der Waals surface area contributed by atoms with Gasteiger partial charge in [0.05, 0.1) is 11.8 Å². The van der Waals surface area contributed by atoms with Crippen molar-refractivity contribution < 1.29 is 23.4 Å². The zero-order valence-electron chi connectivity index (χ0n) is 8.93. The maximum Gasteiger partial charge on any atom is 0.387 e. The average Bonchev–Trinajstić information content (AvgIpc) is 2.75. The number of halogens is 2. The molecule has 0 unspecified atom stereocenters. The molecule has 0 fully saturated rings. The number of aromatic amines is 1. The highest BCUT2D eigenvalue weighted by Crippen LogP contribution is 2.30. The Balaban J connectivity index is 2.53. The van der Waals surface area contributed by atoms with Gasteiger partial charge in [-0.1, -0.05) is 0 Å². The summed E-state index contributed by atoms with van der Waals surface area (Å²) in [6.45, 7) is -3.01. The number of hydrogen-bond donors (Lipinski definition) is 2. The van der Waals surface area contributed by atoms with E-state index in [0.717, 1.165) is 6.08 Å². The molecule has 7 heteroatoms. The van der Waals surface area contributed by atoms with Crippen LogP contribution in [0.25, 0.3) is 17.1 Å². The van der Waals surface area contributed by atoms with Crippen LogP contribution in [0.15, 0.2) is 24.5 Å². The minimum atomic E-state index is -3.01. The highest BCUT2D eigenvalue weighted by molar-refractivity contribution is 5.90. The lowest BCUT2D eigenvalue weighted by Crippen LogP contribution is -2.04. The van der Waals surface area contributed by atoms with Crippen molar-refractivity contribution in [2.24, 2.45) is 0 Å². The van der Waals surface area contributed by atoms with Crippen molar-refractivity contribution in [3.05, 3.63) is 30.1 Å². The number of imidazole rings is 1. The topological polar surface area (TPSA) is 75.2 Å². The second-order valence-corrected chi connectivity index (χ2v) is 3.33. The number of aliphatic carboxylic acids is 1. The average molecular weight is 254 g/mol. The van der Waals surface area contributed by atoms with E-state index >= 15 is 0 Å².